The van der Waals surface area contributed by atoms with Crippen LogP contribution in [0, 0.1) is 22.9 Å². The maximum Gasteiger partial charge on any atom is 0.257 e. The largest absolute Gasteiger partial charge is 0.320 e. The molecule has 2 heterocycles. The van der Waals surface area contributed by atoms with Gasteiger partial charge >= 0.3 is 0 Å². The average molecular weight is 499 g/mol. The molecule has 0 atom stereocenters. The number of benzene rings is 2. The molecule has 0 fully saturated rings. The highest BCUT2D eigenvalue weighted by atomic mass is 19.3. The summed E-state index contributed by atoms with van der Waals surface area (Å²) in [6.07, 6.45) is -4.36. The summed E-state index contributed by atoms with van der Waals surface area (Å²) in [6.45, 7) is 1.69. The Morgan fingerprint density at radius 3 is 2.46 bits per heavy atom. The summed E-state index contributed by atoms with van der Waals surface area (Å²) in [6, 6.07) is 5.47. The first kappa shape index (κ1) is 24.7. The monoisotopic (exact) mass is 499 g/mol. The summed E-state index contributed by atoms with van der Waals surface area (Å²) in [4.78, 5) is 4.97. The quantitative estimate of drug-likeness (QED) is 0.266. The summed E-state index contributed by atoms with van der Waals surface area (Å²) in [5.41, 5.74) is -1.15. The van der Waals surface area contributed by atoms with Crippen molar-refractivity contribution in [2.75, 3.05) is 11.4 Å². The van der Waals surface area contributed by atoms with Crippen LogP contribution in [-0.2, 0) is 6.42 Å². The van der Waals surface area contributed by atoms with E-state index in [-0.39, 0.29) is 35.4 Å². The number of nitrogens with zero attached hydrogens (tertiary/aromatic N) is 5. The Morgan fingerprint density at radius 2 is 1.77 bits per heavy atom. The Hall–Kier alpha value is -3.44. The highest BCUT2D eigenvalue weighted by molar-refractivity contribution is 5.94. The highest BCUT2D eigenvalue weighted by Gasteiger charge is 2.29. The molecule has 0 amide bonds. The smallest absolute Gasteiger partial charge is 0.257 e. The molecule has 2 aromatic heterocycles. The molecule has 0 bridgehead atoms. The second-order valence-electron chi connectivity index (χ2n) is 8.80. The lowest BCUT2D eigenvalue weighted by molar-refractivity contribution is 0.0143. The molecule has 0 spiro atoms. The molecule has 0 aliphatic rings. The van der Waals surface area contributed by atoms with Gasteiger partial charge in [-0.3, -0.25) is 4.40 Å². The average Bonchev–Trinajstić information content (AvgIpc) is 3.26. The third kappa shape index (κ3) is 4.87. The maximum atomic E-state index is 15.0. The van der Waals surface area contributed by atoms with Crippen molar-refractivity contribution in [1.82, 2.24) is 19.6 Å². The van der Waals surface area contributed by atoms with Crippen LogP contribution in [0.5, 0.6) is 0 Å². The van der Waals surface area contributed by atoms with Gasteiger partial charge in [0.1, 0.15) is 18.0 Å². The summed E-state index contributed by atoms with van der Waals surface area (Å²) in [5.74, 6) is -3.88. The Bertz CT molecular complexity index is 1370. The van der Waals surface area contributed by atoms with Gasteiger partial charge in [-0.15, -0.1) is 10.2 Å². The number of aryl methyl sites for hydroxylation is 1. The minimum Gasteiger partial charge on any atom is -0.320 e. The molecular weight excluding hydrogens is 479 g/mol. The van der Waals surface area contributed by atoms with E-state index in [1.165, 1.54) is 36.7 Å². The molecule has 12 heteroatoms. The van der Waals surface area contributed by atoms with Crippen molar-refractivity contribution in [2.45, 2.75) is 39.5 Å². The molecule has 186 valence electrons. The van der Waals surface area contributed by atoms with Gasteiger partial charge in [-0.05, 0) is 48.7 Å². The lowest BCUT2D eigenvalue weighted by Gasteiger charge is -2.26. The van der Waals surface area contributed by atoms with E-state index in [0.29, 0.717) is 0 Å². The van der Waals surface area contributed by atoms with E-state index in [1.807, 2.05) is 0 Å². The van der Waals surface area contributed by atoms with Gasteiger partial charge in [-0.25, -0.2) is 30.7 Å². The first-order valence-corrected chi connectivity index (χ1v) is 10.6. The zero-order valence-corrected chi connectivity index (χ0v) is 18.6. The van der Waals surface area contributed by atoms with E-state index >= 15 is 0 Å². The fraction of sp³-hybridized carbons (Fsp3) is 0.348. The van der Waals surface area contributed by atoms with Crippen LogP contribution in [0.15, 0.2) is 36.7 Å². The molecule has 0 saturated carbocycles. The molecular formula is C23H20F7N5. The van der Waals surface area contributed by atoms with E-state index in [0.717, 1.165) is 23.1 Å². The molecule has 4 rings (SSSR count). The van der Waals surface area contributed by atoms with Gasteiger partial charge < -0.3 is 4.90 Å². The van der Waals surface area contributed by atoms with Crippen LogP contribution < -0.4 is 4.90 Å². The number of anilines is 2. The van der Waals surface area contributed by atoms with E-state index in [4.69, 9.17) is 0 Å². The zero-order chi connectivity index (χ0) is 25.5. The van der Waals surface area contributed by atoms with E-state index in [2.05, 4.69) is 15.2 Å². The van der Waals surface area contributed by atoms with Crippen molar-refractivity contribution < 1.29 is 30.7 Å². The van der Waals surface area contributed by atoms with Gasteiger partial charge in [0.15, 0.2) is 11.6 Å². The Balaban J connectivity index is 1.88. The number of aromatic nitrogens is 4. The van der Waals surface area contributed by atoms with Crippen molar-refractivity contribution in [3.63, 3.8) is 0 Å². The summed E-state index contributed by atoms with van der Waals surface area (Å²) < 4.78 is 98.7. The van der Waals surface area contributed by atoms with Gasteiger partial charge in [-0.2, -0.15) is 4.98 Å². The van der Waals surface area contributed by atoms with Gasteiger partial charge in [0.2, 0.25) is 6.43 Å². The topological polar surface area (TPSA) is 46.3 Å². The first-order valence-electron chi connectivity index (χ1n) is 10.6. The van der Waals surface area contributed by atoms with Crippen LogP contribution in [-0.4, -0.2) is 39.0 Å². The maximum absolute atomic E-state index is 15.0. The Kier molecular flexibility index (Phi) is 6.56. The Morgan fingerprint density at radius 1 is 1.03 bits per heavy atom. The predicted molar refractivity (Wildman–Crippen MR) is 116 cm³/mol. The lowest BCUT2D eigenvalue weighted by atomic mass is 9.86. The number of hydrogen-bond acceptors (Lipinski definition) is 4. The number of alkyl halides is 4. The van der Waals surface area contributed by atoms with Crippen LogP contribution in [0.1, 0.15) is 25.8 Å². The standard InChI is InChI=1S/C23H20F7N5/c1-23(2,21(29)30)6-5-12-7-13(24)9-14(8-12)34(10-17(26)27)20-18-16(4-3-15(25)19(18)28)35-11-31-33-22(35)32-20/h3-4,7-9,11,17,21H,5-6,10H2,1-2H3. The summed E-state index contributed by atoms with van der Waals surface area (Å²) >= 11 is 0. The molecule has 4 aromatic rings. The SMILES string of the molecule is CC(C)(CCc1cc(F)cc(N(CC(F)F)c2nc3nncn3c3ccc(F)c(F)c23)c1)C(F)F. The van der Waals surface area contributed by atoms with Crippen molar-refractivity contribution in [1.29, 1.82) is 0 Å². The van der Waals surface area contributed by atoms with E-state index < -0.39 is 53.5 Å². The van der Waals surface area contributed by atoms with E-state index in [1.54, 1.807) is 0 Å². The van der Waals surface area contributed by atoms with E-state index in [9.17, 15) is 30.7 Å². The third-order valence-electron chi connectivity index (χ3n) is 5.77. The minimum absolute atomic E-state index is 0.00483. The van der Waals surface area contributed by atoms with Crippen LogP contribution in [0.2, 0.25) is 0 Å². The molecule has 0 saturated heterocycles. The van der Waals surface area contributed by atoms with Gasteiger partial charge in [0, 0.05) is 11.1 Å². The second kappa shape index (κ2) is 9.31. The minimum atomic E-state index is -2.97. The first-order chi connectivity index (χ1) is 16.5. The highest BCUT2D eigenvalue weighted by Crippen LogP contribution is 2.36. The normalized spacial score (nSPS) is 12.4. The molecule has 35 heavy (non-hydrogen) atoms. The zero-order valence-electron chi connectivity index (χ0n) is 18.6. The Labute approximate surface area is 195 Å². The third-order valence-corrected chi connectivity index (χ3v) is 5.77. The summed E-state index contributed by atoms with van der Waals surface area (Å²) in [7, 11) is 0. The second-order valence-corrected chi connectivity index (χ2v) is 8.80. The lowest BCUT2D eigenvalue weighted by Crippen LogP contribution is -2.26. The van der Waals surface area contributed by atoms with Crippen molar-refractivity contribution in [3.05, 3.63) is 59.7 Å². The summed E-state index contributed by atoms with van der Waals surface area (Å²) in [5, 5.41) is 7.02. The molecule has 0 unspecified atom stereocenters. The fourth-order valence-corrected chi connectivity index (χ4v) is 3.74. The van der Waals surface area contributed by atoms with Crippen molar-refractivity contribution >= 4 is 28.2 Å². The van der Waals surface area contributed by atoms with Crippen LogP contribution in [0.3, 0.4) is 0 Å². The van der Waals surface area contributed by atoms with Crippen LogP contribution in [0.25, 0.3) is 16.7 Å². The van der Waals surface area contributed by atoms with Gasteiger partial charge in [0.05, 0.1) is 17.4 Å². The molecule has 0 aliphatic carbocycles. The molecule has 2 aromatic carbocycles. The molecule has 0 radical (unpaired) electrons. The number of hydrogen-bond donors (Lipinski definition) is 0. The number of halogens is 7. The predicted octanol–water partition coefficient (Wildman–Crippen LogP) is 6.32. The fourth-order valence-electron chi connectivity index (χ4n) is 3.74. The number of fused-ring (bicyclic) bond motifs is 3. The van der Waals surface area contributed by atoms with Gasteiger partial charge in [-0.1, -0.05) is 13.8 Å². The number of rotatable bonds is 8. The van der Waals surface area contributed by atoms with Crippen LogP contribution >= 0.6 is 0 Å². The molecule has 0 N–H and O–H groups in total. The van der Waals surface area contributed by atoms with Crippen LogP contribution in [0.4, 0.5) is 42.2 Å². The van der Waals surface area contributed by atoms with Crippen molar-refractivity contribution in [3.8, 4) is 0 Å². The van der Waals surface area contributed by atoms with Gasteiger partial charge in [0.25, 0.3) is 12.2 Å². The van der Waals surface area contributed by atoms with Crippen molar-refractivity contribution in [2.24, 2.45) is 5.41 Å². The molecule has 5 nitrogen and oxygen atoms in total. The molecule has 0 aliphatic heterocycles.